The lowest BCUT2D eigenvalue weighted by molar-refractivity contribution is -0.127. The molecule has 1 atom stereocenters. The first-order valence-corrected chi connectivity index (χ1v) is 2.33. The molecule has 5 heteroatoms. The zero-order valence-electron chi connectivity index (χ0n) is 4.42. The molecule has 1 saturated heterocycles. The fraction of sp³-hybridized carbons (Fsp3) is 0.250. The van der Waals surface area contributed by atoms with E-state index in [0.29, 0.717) is 0 Å². The van der Waals surface area contributed by atoms with Crippen molar-refractivity contribution < 1.29 is 14.7 Å². The van der Waals surface area contributed by atoms with Gasteiger partial charge in [0.1, 0.15) is 0 Å². The van der Waals surface area contributed by atoms with Crippen LogP contribution in [-0.4, -0.2) is 23.1 Å². The van der Waals surface area contributed by atoms with Gasteiger partial charge in [-0.15, -0.1) is 0 Å². The normalized spacial score (nSPS) is 27.0. The largest absolute Gasteiger partial charge is 0.381 e. The maximum Gasteiger partial charge on any atom is 0.321 e. The van der Waals surface area contributed by atoms with Gasteiger partial charge in [-0.3, -0.25) is 10.1 Å². The molecule has 0 aromatic heterocycles. The molecule has 1 aliphatic rings. The fourth-order valence-electron chi connectivity index (χ4n) is 0.452. The van der Waals surface area contributed by atoms with E-state index in [9.17, 15) is 9.59 Å². The van der Waals surface area contributed by atoms with Crippen LogP contribution in [0.1, 0.15) is 0 Å². The molecular weight excluding hydrogens is 124 g/mol. The maximum atomic E-state index is 10.4. The molecule has 3 N–H and O–H groups in total. The second kappa shape index (κ2) is 2.02. The molecule has 1 rings (SSSR count). The van der Waals surface area contributed by atoms with Crippen LogP contribution in [0.5, 0.6) is 0 Å². The average molecular weight is 129 g/mol. The molecular formula is C4H5N2O3. The van der Waals surface area contributed by atoms with Crippen molar-refractivity contribution in [2.24, 2.45) is 0 Å². The Morgan fingerprint density at radius 2 is 2.22 bits per heavy atom. The zero-order chi connectivity index (χ0) is 6.85. The summed E-state index contributed by atoms with van der Waals surface area (Å²) >= 11 is 0. The average Bonchev–Trinajstić information content (AvgIpc) is 1.80. The van der Waals surface area contributed by atoms with Gasteiger partial charge in [0.15, 0.2) is 6.10 Å². The highest BCUT2D eigenvalue weighted by atomic mass is 16.3. The van der Waals surface area contributed by atoms with Crippen molar-refractivity contribution in [2.45, 2.75) is 6.10 Å². The van der Waals surface area contributed by atoms with E-state index in [1.54, 1.807) is 0 Å². The van der Waals surface area contributed by atoms with Crippen molar-refractivity contribution in [3.8, 4) is 0 Å². The Bertz CT molecular complexity index is 156. The first kappa shape index (κ1) is 6.03. The lowest BCUT2D eigenvalue weighted by Gasteiger charge is -2.15. The Kier molecular flexibility index (Phi) is 1.35. The van der Waals surface area contributed by atoms with E-state index in [1.807, 2.05) is 5.32 Å². The second-order valence-electron chi connectivity index (χ2n) is 1.57. The summed E-state index contributed by atoms with van der Waals surface area (Å²) in [6.45, 7) is 1.02. The molecule has 49 valence electrons. The number of nitrogens with one attached hydrogen (secondary N) is 2. The first-order chi connectivity index (χ1) is 4.20. The Labute approximate surface area is 51.0 Å². The Hall–Kier alpha value is -1.10. The molecule has 0 saturated carbocycles. The third kappa shape index (κ3) is 1.17. The van der Waals surface area contributed by atoms with Crippen molar-refractivity contribution in [2.75, 3.05) is 0 Å². The van der Waals surface area contributed by atoms with E-state index in [4.69, 9.17) is 5.11 Å². The molecule has 9 heavy (non-hydrogen) atoms. The van der Waals surface area contributed by atoms with E-state index in [1.165, 1.54) is 0 Å². The first-order valence-electron chi connectivity index (χ1n) is 2.33. The predicted octanol–water partition coefficient (Wildman–Crippen LogP) is -1.65. The molecule has 0 bridgehead atoms. The summed E-state index contributed by atoms with van der Waals surface area (Å²) in [5, 5.41) is 12.6. The number of urea groups is 1. The second-order valence-corrected chi connectivity index (χ2v) is 1.57. The van der Waals surface area contributed by atoms with E-state index in [0.717, 1.165) is 6.54 Å². The minimum atomic E-state index is -1.22. The van der Waals surface area contributed by atoms with Gasteiger partial charge in [0.25, 0.3) is 5.91 Å². The molecule has 0 aromatic rings. The van der Waals surface area contributed by atoms with Crippen LogP contribution in [0, 0.1) is 6.54 Å². The van der Waals surface area contributed by atoms with Crippen molar-refractivity contribution in [3.63, 3.8) is 0 Å². The summed E-state index contributed by atoms with van der Waals surface area (Å²) in [7, 11) is 0. The minimum absolute atomic E-state index is 0.606. The van der Waals surface area contributed by atoms with Gasteiger partial charge in [0.05, 0.1) is 6.54 Å². The van der Waals surface area contributed by atoms with Gasteiger partial charge in [-0.05, 0) is 0 Å². The summed E-state index contributed by atoms with van der Waals surface area (Å²) in [4.78, 5) is 20.6. The van der Waals surface area contributed by atoms with Crippen LogP contribution < -0.4 is 10.6 Å². The number of hydrogen-bond acceptors (Lipinski definition) is 3. The quantitative estimate of drug-likeness (QED) is 0.366. The van der Waals surface area contributed by atoms with Crippen LogP contribution in [-0.2, 0) is 4.79 Å². The Morgan fingerprint density at radius 3 is 2.67 bits per heavy atom. The molecule has 1 aliphatic heterocycles. The van der Waals surface area contributed by atoms with E-state index in [2.05, 4.69) is 5.32 Å². The molecule has 0 aromatic carbocycles. The third-order valence-electron chi connectivity index (χ3n) is 0.878. The predicted molar refractivity (Wildman–Crippen MR) is 27.0 cm³/mol. The highest BCUT2D eigenvalue weighted by Gasteiger charge is 2.23. The highest BCUT2D eigenvalue weighted by molar-refractivity contribution is 6.00. The lowest BCUT2D eigenvalue weighted by atomic mass is 10.3. The van der Waals surface area contributed by atoms with E-state index in [-0.39, 0.29) is 0 Å². The summed E-state index contributed by atoms with van der Waals surface area (Å²) in [5.41, 5.74) is 0. The minimum Gasteiger partial charge on any atom is -0.381 e. The molecule has 1 heterocycles. The molecule has 0 spiro atoms. The van der Waals surface area contributed by atoms with Gasteiger partial charge in [-0.25, -0.2) is 4.79 Å². The van der Waals surface area contributed by atoms with Crippen molar-refractivity contribution in [1.82, 2.24) is 10.6 Å². The molecule has 3 amide bonds. The van der Waals surface area contributed by atoms with Gasteiger partial charge in [0.2, 0.25) is 0 Å². The molecule has 0 aliphatic carbocycles. The number of imide groups is 1. The van der Waals surface area contributed by atoms with Crippen LogP contribution >= 0.6 is 0 Å². The van der Waals surface area contributed by atoms with Crippen molar-refractivity contribution >= 4 is 11.9 Å². The number of amides is 3. The van der Waals surface area contributed by atoms with E-state index < -0.39 is 18.0 Å². The van der Waals surface area contributed by atoms with Gasteiger partial charge < -0.3 is 10.4 Å². The zero-order valence-corrected chi connectivity index (χ0v) is 4.42. The smallest absolute Gasteiger partial charge is 0.321 e. The van der Waals surface area contributed by atoms with Crippen molar-refractivity contribution in [3.05, 3.63) is 6.54 Å². The molecule has 5 nitrogen and oxygen atoms in total. The van der Waals surface area contributed by atoms with Gasteiger partial charge in [0, 0.05) is 0 Å². The summed E-state index contributed by atoms with van der Waals surface area (Å²) in [6, 6.07) is -0.606. The Morgan fingerprint density at radius 1 is 1.56 bits per heavy atom. The number of carbonyl (C=O) groups excluding carboxylic acids is 2. The number of hydrogen-bond donors (Lipinski definition) is 3. The molecule has 1 fully saturated rings. The number of carbonyl (C=O) groups is 2. The van der Waals surface area contributed by atoms with Gasteiger partial charge in [-0.1, -0.05) is 0 Å². The topological polar surface area (TPSA) is 78.4 Å². The molecule has 1 radical (unpaired) electrons. The fourth-order valence-corrected chi connectivity index (χ4v) is 0.452. The Balaban J connectivity index is 2.54. The number of aliphatic hydroxyl groups excluding tert-OH is 1. The third-order valence-corrected chi connectivity index (χ3v) is 0.878. The monoisotopic (exact) mass is 129 g/mol. The van der Waals surface area contributed by atoms with Gasteiger partial charge in [-0.2, -0.15) is 0 Å². The molecule has 1 unspecified atom stereocenters. The summed E-state index contributed by atoms with van der Waals surface area (Å²) in [5.74, 6) is -0.696. The van der Waals surface area contributed by atoms with E-state index >= 15 is 0 Å². The van der Waals surface area contributed by atoms with Crippen LogP contribution in [0.2, 0.25) is 0 Å². The van der Waals surface area contributed by atoms with Crippen molar-refractivity contribution in [1.29, 1.82) is 0 Å². The SMILES string of the molecule is O=C1N[CH]C(O)C(=O)N1. The number of aliphatic hydroxyl groups is 1. The van der Waals surface area contributed by atoms with Crippen LogP contribution in [0.3, 0.4) is 0 Å². The summed E-state index contributed by atoms with van der Waals surface area (Å²) < 4.78 is 0. The van der Waals surface area contributed by atoms with Crippen LogP contribution in [0.15, 0.2) is 0 Å². The maximum absolute atomic E-state index is 10.4. The lowest BCUT2D eigenvalue weighted by Crippen LogP contribution is -2.51. The number of rotatable bonds is 0. The summed E-state index contributed by atoms with van der Waals surface area (Å²) in [6.07, 6.45) is -1.22. The van der Waals surface area contributed by atoms with Crippen LogP contribution in [0.4, 0.5) is 4.79 Å². The standard InChI is InChI=1S/C4H5N2O3/c7-2-1-5-4(9)6-3(2)8/h1-2,7H,(H2,5,6,8,9). The van der Waals surface area contributed by atoms with Crippen LogP contribution in [0.25, 0.3) is 0 Å². The highest BCUT2D eigenvalue weighted by Crippen LogP contribution is 1.90. The van der Waals surface area contributed by atoms with Gasteiger partial charge >= 0.3 is 6.03 Å².